The van der Waals surface area contributed by atoms with Crippen LogP contribution in [0, 0.1) is 31.0 Å². The van der Waals surface area contributed by atoms with E-state index in [4.69, 9.17) is 0 Å². The van der Waals surface area contributed by atoms with E-state index in [1.165, 1.54) is 12.1 Å². The first-order valence-electron chi connectivity index (χ1n) is 5.61. The van der Waals surface area contributed by atoms with Crippen LogP contribution < -0.4 is 5.32 Å². The quantitative estimate of drug-likeness (QED) is 0.901. The number of hydrogen-bond acceptors (Lipinski definition) is 3. The number of benzene rings is 1. The molecule has 0 aliphatic carbocycles. The highest BCUT2D eigenvalue weighted by Gasteiger charge is 2.10. The highest BCUT2D eigenvalue weighted by atomic mass is 79.9. The molecule has 0 bridgehead atoms. The van der Waals surface area contributed by atoms with E-state index in [0.29, 0.717) is 27.1 Å². The number of halogens is 2. The summed E-state index contributed by atoms with van der Waals surface area (Å²) in [5.41, 5.74) is 3.34. The van der Waals surface area contributed by atoms with Gasteiger partial charge >= 0.3 is 0 Å². The van der Waals surface area contributed by atoms with Gasteiger partial charge < -0.3 is 5.32 Å². The van der Waals surface area contributed by atoms with Crippen LogP contribution in [0.1, 0.15) is 17.0 Å². The molecule has 0 aliphatic heterocycles. The van der Waals surface area contributed by atoms with Crippen molar-refractivity contribution in [3.05, 3.63) is 51.5 Å². The molecule has 2 rings (SSSR count). The van der Waals surface area contributed by atoms with Gasteiger partial charge in [0.15, 0.2) is 0 Å². The van der Waals surface area contributed by atoms with Crippen LogP contribution in [-0.4, -0.2) is 4.98 Å². The van der Waals surface area contributed by atoms with E-state index < -0.39 is 0 Å². The minimum atomic E-state index is -0.319. The average Bonchev–Trinajstić information content (AvgIpc) is 2.32. The molecular weight excluding hydrogens is 309 g/mol. The zero-order valence-corrected chi connectivity index (χ0v) is 12.0. The van der Waals surface area contributed by atoms with Gasteiger partial charge in [-0.05, 0) is 54.0 Å². The summed E-state index contributed by atoms with van der Waals surface area (Å²) >= 11 is 3.29. The molecule has 5 heteroatoms. The van der Waals surface area contributed by atoms with Crippen molar-refractivity contribution < 1.29 is 4.39 Å². The van der Waals surface area contributed by atoms with Crippen molar-refractivity contribution in [1.29, 1.82) is 5.26 Å². The monoisotopic (exact) mass is 319 g/mol. The Bertz CT molecular complexity index is 677. The van der Waals surface area contributed by atoms with Gasteiger partial charge in [-0.1, -0.05) is 0 Å². The fourth-order valence-corrected chi connectivity index (χ4v) is 2.25. The van der Waals surface area contributed by atoms with E-state index >= 15 is 0 Å². The maximum Gasteiger partial charge on any atom is 0.124 e. The molecule has 0 fully saturated rings. The summed E-state index contributed by atoms with van der Waals surface area (Å²) in [5, 5.41) is 12.3. The Morgan fingerprint density at radius 2 is 2.00 bits per heavy atom. The lowest BCUT2D eigenvalue weighted by atomic mass is 10.1. The summed E-state index contributed by atoms with van der Waals surface area (Å²) in [6.45, 7) is 3.65. The fraction of sp³-hybridized carbons (Fsp3) is 0.143. The van der Waals surface area contributed by atoms with Gasteiger partial charge in [0.05, 0.1) is 22.6 Å². The molecule has 96 valence electrons. The molecule has 0 saturated heterocycles. The Morgan fingerprint density at radius 3 is 2.63 bits per heavy atom. The molecule has 0 spiro atoms. The van der Waals surface area contributed by atoms with Crippen molar-refractivity contribution >= 4 is 27.3 Å². The van der Waals surface area contributed by atoms with Gasteiger partial charge in [0, 0.05) is 10.2 Å². The zero-order chi connectivity index (χ0) is 14.0. The second-order valence-corrected chi connectivity index (χ2v) is 4.99. The number of nitriles is 1. The minimum Gasteiger partial charge on any atom is -0.353 e. The lowest BCUT2D eigenvalue weighted by Crippen LogP contribution is -2.00. The van der Waals surface area contributed by atoms with Crippen LogP contribution in [0.3, 0.4) is 0 Å². The van der Waals surface area contributed by atoms with Gasteiger partial charge in [-0.25, -0.2) is 4.39 Å². The van der Waals surface area contributed by atoms with E-state index in [9.17, 15) is 9.65 Å². The van der Waals surface area contributed by atoms with Gasteiger partial charge in [-0.15, -0.1) is 0 Å². The lowest BCUT2D eigenvalue weighted by Gasteiger charge is -2.12. The Kier molecular flexibility index (Phi) is 3.82. The fourth-order valence-electron chi connectivity index (χ4n) is 1.80. The van der Waals surface area contributed by atoms with E-state index in [1.54, 1.807) is 19.1 Å². The third-order valence-electron chi connectivity index (χ3n) is 2.64. The van der Waals surface area contributed by atoms with E-state index in [0.717, 1.165) is 5.69 Å². The largest absolute Gasteiger partial charge is 0.353 e. The Morgan fingerprint density at radius 1 is 1.26 bits per heavy atom. The molecule has 0 aliphatic rings. The highest BCUT2D eigenvalue weighted by molar-refractivity contribution is 9.10. The molecule has 3 nitrogen and oxygen atoms in total. The molecule has 1 aromatic heterocycles. The predicted octanol–water partition coefficient (Wildman–Crippen LogP) is 4.22. The number of pyridine rings is 1. The topological polar surface area (TPSA) is 48.7 Å². The number of aryl methyl sites for hydroxylation is 2. The molecule has 1 heterocycles. The normalized spacial score (nSPS) is 10.1. The summed E-state index contributed by atoms with van der Waals surface area (Å²) in [6.07, 6.45) is 0. The average molecular weight is 320 g/mol. The van der Waals surface area contributed by atoms with E-state index in [1.807, 2.05) is 6.92 Å². The molecule has 0 amide bonds. The number of rotatable bonds is 2. The van der Waals surface area contributed by atoms with Crippen LogP contribution in [0.5, 0.6) is 0 Å². The molecule has 1 aromatic carbocycles. The maximum atomic E-state index is 13.0. The van der Waals surface area contributed by atoms with Crippen LogP contribution in [0.2, 0.25) is 0 Å². The maximum absolute atomic E-state index is 13.0. The zero-order valence-electron chi connectivity index (χ0n) is 10.5. The standard InChI is InChI=1S/C14H11BrFN3/c1-8-5-14(11(7-17)9(2)18-8)19-13-4-3-10(16)6-12(13)15/h3-6H,1-2H3,(H,18,19). The van der Waals surface area contributed by atoms with Crippen LogP contribution >= 0.6 is 15.9 Å². The van der Waals surface area contributed by atoms with Gasteiger partial charge in [0.25, 0.3) is 0 Å². The molecule has 0 radical (unpaired) electrons. The highest BCUT2D eigenvalue weighted by Crippen LogP contribution is 2.29. The summed E-state index contributed by atoms with van der Waals surface area (Å²) in [5.74, 6) is -0.319. The predicted molar refractivity (Wildman–Crippen MR) is 75.8 cm³/mol. The number of nitrogens with one attached hydrogen (secondary N) is 1. The smallest absolute Gasteiger partial charge is 0.124 e. The molecular formula is C14H11BrFN3. The molecule has 19 heavy (non-hydrogen) atoms. The van der Waals surface area contributed by atoms with Crippen molar-refractivity contribution in [2.75, 3.05) is 5.32 Å². The van der Waals surface area contributed by atoms with Crippen molar-refractivity contribution in [1.82, 2.24) is 4.98 Å². The number of anilines is 2. The molecule has 0 unspecified atom stereocenters. The minimum absolute atomic E-state index is 0.319. The third-order valence-corrected chi connectivity index (χ3v) is 3.30. The first-order chi connectivity index (χ1) is 9.01. The summed E-state index contributed by atoms with van der Waals surface area (Å²) < 4.78 is 13.6. The molecule has 0 atom stereocenters. The SMILES string of the molecule is Cc1cc(Nc2ccc(F)cc2Br)c(C#N)c(C)n1. The van der Waals surface area contributed by atoms with Crippen LogP contribution in [0.15, 0.2) is 28.7 Å². The molecule has 1 N–H and O–H groups in total. The number of hydrogen-bond donors (Lipinski definition) is 1. The second-order valence-electron chi connectivity index (χ2n) is 4.13. The second kappa shape index (κ2) is 5.37. The van der Waals surface area contributed by atoms with Crippen molar-refractivity contribution in [3.63, 3.8) is 0 Å². The van der Waals surface area contributed by atoms with Crippen molar-refractivity contribution in [2.45, 2.75) is 13.8 Å². The van der Waals surface area contributed by atoms with Gasteiger partial charge in [-0.3, -0.25) is 4.98 Å². The van der Waals surface area contributed by atoms with Crippen molar-refractivity contribution in [2.24, 2.45) is 0 Å². The lowest BCUT2D eigenvalue weighted by molar-refractivity contribution is 0.627. The van der Waals surface area contributed by atoms with Gasteiger partial charge in [-0.2, -0.15) is 5.26 Å². The number of aromatic nitrogens is 1. The van der Waals surface area contributed by atoms with Gasteiger partial charge in [0.2, 0.25) is 0 Å². The molecule has 2 aromatic rings. The van der Waals surface area contributed by atoms with Crippen LogP contribution in [-0.2, 0) is 0 Å². The Balaban J connectivity index is 2.46. The van der Waals surface area contributed by atoms with Crippen LogP contribution in [0.4, 0.5) is 15.8 Å². The Hall–Kier alpha value is -1.93. The first-order valence-corrected chi connectivity index (χ1v) is 6.41. The Labute approximate surface area is 119 Å². The van der Waals surface area contributed by atoms with Gasteiger partial charge in [0.1, 0.15) is 11.9 Å². The summed E-state index contributed by atoms with van der Waals surface area (Å²) in [4.78, 5) is 4.25. The van der Waals surface area contributed by atoms with E-state index in [2.05, 4.69) is 32.3 Å². The summed E-state index contributed by atoms with van der Waals surface area (Å²) in [7, 11) is 0. The summed E-state index contributed by atoms with van der Waals surface area (Å²) in [6, 6.07) is 8.27. The first kappa shape index (κ1) is 13.5. The van der Waals surface area contributed by atoms with Crippen molar-refractivity contribution in [3.8, 4) is 6.07 Å². The van der Waals surface area contributed by atoms with Crippen LogP contribution in [0.25, 0.3) is 0 Å². The number of nitrogens with zero attached hydrogens (tertiary/aromatic N) is 2. The van der Waals surface area contributed by atoms with E-state index in [-0.39, 0.29) is 5.82 Å². The molecule has 0 saturated carbocycles. The third kappa shape index (κ3) is 2.91.